The van der Waals surface area contributed by atoms with Crippen LogP contribution in [0.5, 0.6) is 11.5 Å². The Balaban J connectivity index is 2.23. The Kier molecular flexibility index (Phi) is 5.59. The Bertz CT molecular complexity index is 569. The van der Waals surface area contributed by atoms with Gasteiger partial charge in [0.05, 0.1) is 25.6 Å². The average molecular weight is 291 g/mol. The number of aromatic nitrogens is 2. The fraction of sp³-hybridized carbons (Fsp3) is 0.400. The summed E-state index contributed by atoms with van der Waals surface area (Å²) in [4.78, 5) is 0. The molecule has 0 radical (unpaired) electrons. The van der Waals surface area contributed by atoms with Gasteiger partial charge in [0.1, 0.15) is 6.61 Å². The van der Waals surface area contributed by atoms with Crippen LogP contribution in [0.4, 0.5) is 0 Å². The van der Waals surface area contributed by atoms with Crippen LogP contribution in [0.3, 0.4) is 0 Å². The number of nitrogens with zero attached hydrogens (tertiary/aromatic N) is 1. The maximum atomic E-state index is 5.63. The summed E-state index contributed by atoms with van der Waals surface area (Å²) in [5.41, 5.74) is 3.09. The second-order valence-electron chi connectivity index (χ2n) is 4.51. The summed E-state index contributed by atoms with van der Waals surface area (Å²) in [6.45, 7) is 1.78. The lowest BCUT2D eigenvalue weighted by Crippen LogP contribution is -2.06. The van der Waals surface area contributed by atoms with Gasteiger partial charge >= 0.3 is 0 Å². The van der Waals surface area contributed by atoms with E-state index >= 15 is 0 Å². The summed E-state index contributed by atoms with van der Waals surface area (Å²) in [6, 6.07) is 5.82. The third-order valence-electron chi connectivity index (χ3n) is 3.08. The first-order valence-corrected chi connectivity index (χ1v) is 6.77. The average Bonchev–Trinajstić information content (AvgIpc) is 2.96. The van der Waals surface area contributed by atoms with Crippen molar-refractivity contribution < 1.29 is 14.2 Å². The van der Waals surface area contributed by atoms with Crippen molar-refractivity contribution in [1.82, 2.24) is 15.5 Å². The highest BCUT2D eigenvalue weighted by Gasteiger charge is 2.11. The standard InChI is InChI=1S/C15H21N3O3/c1-16-9-12-10-17-18-15(12)11-4-5-13(14(8-11)20-3)21-7-6-19-2/h4-5,8,10,16H,6-7,9H2,1-3H3,(H,17,18). The maximum Gasteiger partial charge on any atom is 0.161 e. The molecular weight excluding hydrogens is 270 g/mol. The molecule has 0 atom stereocenters. The van der Waals surface area contributed by atoms with Crippen molar-refractivity contribution in [2.24, 2.45) is 0 Å². The number of hydrogen-bond acceptors (Lipinski definition) is 5. The summed E-state index contributed by atoms with van der Waals surface area (Å²) in [5, 5.41) is 10.3. The Morgan fingerprint density at radius 1 is 1.19 bits per heavy atom. The molecule has 1 heterocycles. The van der Waals surface area contributed by atoms with E-state index in [9.17, 15) is 0 Å². The molecule has 0 saturated carbocycles. The molecule has 0 saturated heterocycles. The van der Waals surface area contributed by atoms with Gasteiger partial charge < -0.3 is 19.5 Å². The zero-order valence-corrected chi connectivity index (χ0v) is 12.6. The molecule has 114 valence electrons. The number of H-pyrrole nitrogens is 1. The molecule has 6 nitrogen and oxygen atoms in total. The molecule has 21 heavy (non-hydrogen) atoms. The number of aromatic amines is 1. The van der Waals surface area contributed by atoms with Gasteiger partial charge in [-0.05, 0) is 25.2 Å². The number of ether oxygens (including phenoxy) is 3. The smallest absolute Gasteiger partial charge is 0.161 e. The highest BCUT2D eigenvalue weighted by Crippen LogP contribution is 2.32. The minimum Gasteiger partial charge on any atom is -0.493 e. The zero-order valence-electron chi connectivity index (χ0n) is 12.6. The van der Waals surface area contributed by atoms with Gasteiger partial charge in [-0.15, -0.1) is 0 Å². The van der Waals surface area contributed by atoms with Crippen LogP contribution >= 0.6 is 0 Å². The van der Waals surface area contributed by atoms with Crippen LogP contribution in [-0.4, -0.2) is 44.7 Å². The van der Waals surface area contributed by atoms with Crippen LogP contribution in [-0.2, 0) is 11.3 Å². The van der Waals surface area contributed by atoms with Crippen LogP contribution in [0.2, 0.25) is 0 Å². The van der Waals surface area contributed by atoms with Crippen LogP contribution in [0.25, 0.3) is 11.3 Å². The second kappa shape index (κ2) is 7.66. The van der Waals surface area contributed by atoms with E-state index in [0.717, 1.165) is 23.4 Å². The number of benzene rings is 1. The fourth-order valence-corrected chi connectivity index (χ4v) is 2.06. The highest BCUT2D eigenvalue weighted by molar-refractivity contribution is 5.66. The third-order valence-corrected chi connectivity index (χ3v) is 3.08. The summed E-state index contributed by atoms with van der Waals surface area (Å²) in [7, 11) is 5.18. The lowest BCUT2D eigenvalue weighted by molar-refractivity contribution is 0.144. The second-order valence-corrected chi connectivity index (χ2v) is 4.51. The molecule has 2 N–H and O–H groups in total. The van der Waals surface area contributed by atoms with Gasteiger partial charge in [-0.3, -0.25) is 5.10 Å². The van der Waals surface area contributed by atoms with Crippen molar-refractivity contribution in [1.29, 1.82) is 0 Å². The Morgan fingerprint density at radius 3 is 2.76 bits per heavy atom. The van der Waals surface area contributed by atoms with E-state index in [4.69, 9.17) is 14.2 Å². The molecule has 0 fully saturated rings. The van der Waals surface area contributed by atoms with Gasteiger partial charge in [-0.2, -0.15) is 5.10 Å². The quantitative estimate of drug-likeness (QED) is 0.726. The number of rotatable bonds is 8. The molecule has 0 aliphatic carbocycles. The van der Waals surface area contributed by atoms with Crippen molar-refractivity contribution in [3.05, 3.63) is 30.0 Å². The molecule has 6 heteroatoms. The largest absolute Gasteiger partial charge is 0.493 e. The molecule has 2 aromatic rings. The zero-order chi connectivity index (χ0) is 15.1. The number of nitrogens with one attached hydrogen (secondary N) is 2. The Labute approximate surface area is 124 Å². The van der Waals surface area contributed by atoms with Crippen molar-refractivity contribution in [3.8, 4) is 22.8 Å². The lowest BCUT2D eigenvalue weighted by Gasteiger charge is -2.12. The van der Waals surface area contributed by atoms with Crippen molar-refractivity contribution in [2.45, 2.75) is 6.54 Å². The van der Waals surface area contributed by atoms with Crippen molar-refractivity contribution in [3.63, 3.8) is 0 Å². The molecule has 0 bridgehead atoms. The SMILES string of the molecule is CNCc1cn[nH]c1-c1ccc(OCCOC)c(OC)c1. The molecule has 0 amide bonds. The number of hydrogen-bond donors (Lipinski definition) is 2. The first kappa shape index (κ1) is 15.3. The van der Waals surface area contributed by atoms with E-state index in [-0.39, 0.29) is 0 Å². The van der Waals surface area contributed by atoms with Crippen LogP contribution in [0.15, 0.2) is 24.4 Å². The first-order chi connectivity index (χ1) is 10.3. The van der Waals surface area contributed by atoms with Gasteiger partial charge in [0.2, 0.25) is 0 Å². The molecule has 0 spiro atoms. The molecule has 1 aromatic carbocycles. The van der Waals surface area contributed by atoms with E-state index in [0.29, 0.717) is 24.7 Å². The Morgan fingerprint density at radius 2 is 2.05 bits per heavy atom. The van der Waals surface area contributed by atoms with Crippen LogP contribution in [0, 0.1) is 0 Å². The third kappa shape index (κ3) is 3.74. The van der Waals surface area contributed by atoms with Gasteiger partial charge in [0.15, 0.2) is 11.5 Å². The summed E-state index contributed by atoms with van der Waals surface area (Å²) in [6.07, 6.45) is 1.82. The van der Waals surface area contributed by atoms with Gasteiger partial charge in [-0.1, -0.05) is 0 Å². The fourth-order valence-electron chi connectivity index (χ4n) is 2.06. The summed E-state index contributed by atoms with van der Waals surface area (Å²) in [5.74, 6) is 1.39. The van der Waals surface area contributed by atoms with Crippen molar-refractivity contribution >= 4 is 0 Å². The van der Waals surface area contributed by atoms with Gasteiger partial charge in [0, 0.05) is 24.8 Å². The molecule has 1 aromatic heterocycles. The predicted octanol–water partition coefficient (Wildman–Crippen LogP) is 1.83. The lowest BCUT2D eigenvalue weighted by atomic mass is 10.1. The van der Waals surface area contributed by atoms with E-state index in [1.54, 1.807) is 14.2 Å². The molecular formula is C15H21N3O3. The molecule has 0 aliphatic rings. The molecule has 2 rings (SSSR count). The minimum absolute atomic E-state index is 0.487. The first-order valence-electron chi connectivity index (χ1n) is 6.77. The van der Waals surface area contributed by atoms with Crippen LogP contribution < -0.4 is 14.8 Å². The predicted molar refractivity (Wildman–Crippen MR) is 80.7 cm³/mol. The number of methoxy groups -OCH3 is 2. The van der Waals surface area contributed by atoms with E-state index in [2.05, 4.69) is 15.5 Å². The highest BCUT2D eigenvalue weighted by atomic mass is 16.5. The normalized spacial score (nSPS) is 10.6. The van der Waals surface area contributed by atoms with E-state index < -0.39 is 0 Å². The monoisotopic (exact) mass is 291 g/mol. The van der Waals surface area contributed by atoms with E-state index in [1.807, 2.05) is 31.4 Å². The van der Waals surface area contributed by atoms with Crippen molar-refractivity contribution in [2.75, 3.05) is 34.5 Å². The molecule has 0 aliphatic heterocycles. The van der Waals surface area contributed by atoms with Crippen LogP contribution in [0.1, 0.15) is 5.56 Å². The maximum absolute atomic E-state index is 5.63. The summed E-state index contributed by atoms with van der Waals surface area (Å²) < 4.78 is 16.0. The van der Waals surface area contributed by atoms with Gasteiger partial charge in [-0.25, -0.2) is 0 Å². The Hall–Kier alpha value is -2.05. The summed E-state index contributed by atoms with van der Waals surface area (Å²) >= 11 is 0. The van der Waals surface area contributed by atoms with Gasteiger partial charge in [0.25, 0.3) is 0 Å². The molecule has 0 unspecified atom stereocenters. The topological polar surface area (TPSA) is 68.4 Å². The van der Waals surface area contributed by atoms with E-state index in [1.165, 1.54) is 0 Å². The minimum atomic E-state index is 0.487.